The van der Waals surface area contributed by atoms with Crippen LogP contribution >= 0.6 is 0 Å². The highest BCUT2D eigenvalue weighted by Crippen LogP contribution is 2.53. The third-order valence-electron chi connectivity index (χ3n) is 7.25. The van der Waals surface area contributed by atoms with E-state index in [1.54, 1.807) is 0 Å². The van der Waals surface area contributed by atoms with E-state index in [2.05, 4.69) is 30.5 Å². The maximum atomic E-state index is 12.7. The Balaban J connectivity index is 1.68. The number of aliphatic hydroxyl groups is 2. The molecule has 0 spiro atoms. The van der Waals surface area contributed by atoms with Gasteiger partial charge in [-0.2, -0.15) is 0 Å². The van der Waals surface area contributed by atoms with Crippen LogP contribution in [0.3, 0.4) is 0 Å². The van der Waals surface area contributed by atoms with Gasteiger partial charge in [0.15, 0.2) is 0 Å². The van der Waals surface area contributed by atoms with Crippen LogP contribution in [0.1, 0.15) is 33.1 Å². The summed E-state index contributed by atoms with van der Waals surface area (Å²) in [6, 6.07) is 0. The van der Waals surface area contributed by atoms with Crippen molar-refractivity contribution in [2.75, 3.05) is 6.54 Å². The average Bonchev–Trinajstić information content (AvgIpc) is 3.09. The first-order valence-electron chi connectivity index (χ1n) is 11.3. The van der Waals surface area contributed by atoms with Crippen LogP contribution in [0.4, 0.5) is 0 Å². The number of Topliss-reactive ketones (excluding diaryl/α,β-unsaturated/α-hetero) is 1. The molecule has 4 rings (SSSR count). The summed E-state index contributed by atoms with van der Waals surface area (Å²) in [5, 5.41) is 24.0. The Hall–Kier alpha value is -2.02. The minimum absolute atomic E-state index is 0.0234. The van der Waals surface area contributed by atoms with E-state index in [0.717, 1.165) is 5.57 Å². The standard InChI is InChI=1S/C25H33NO5/c1-14-6-4-3-5-7-15(2)17-8-9-18-19(28)12-20(29)25-24(18)23(17)21(31-25)10-16(27)11-22(30)26-13-14/h3-9,14,17-21,23-25,28-29H,10-13H2,1-2H3,(H,26,30)/b5-3-,6-4-,15-7-/t14?,17-,18+,19+,20-,21-,23+,24-,25-/m0/s1. The molecule has 2 aliphatic heterocycles. The number of nitrogens with one attached hydrogen (secondary N) is 1. The van der Waals surface area contributed by atoms with Crippen LogP contribution < -0.4 is 5.32 Å². The zero-order valence-corrected chi connectivity index (χ0v) is 18.2. The molecule has 0 aromatic rings. The first-order chi connectivity index (χ1) is 14.8. The zero-order valence-electron chi connectivity index (χ0n) is 18.2. The molecule has 1 unspecified atom stereocenters. The second kappa shape index (κ2) is 9.23. The molecule has 0 aromatic carbocycles. The molecule has 2 aliphatic carbocycles. The van der Waals surface area contributed by atoms with Crippen molar-refractivity contribution >= 4 is 11.7 Å². The number of allylic oxidation sites excluding steroid dienone is 6. The molecule has 1 saturated heterocycles. The van der Waals surface area contributed by atoms with E-state index in [1.807, 2.05) is 31.2 Å². The number of ether oxygens (including phenoxy) is 1. The van der Waals surface area contributed by atoms with E-state index in [4.69, 9.17) is 4.74 Å². The second-order valence-corrected chi connectivity index (χ2v) is 9.53. The van der Waals surface area contributed by atoms with Crippen molar-refractivity contribution in [3.63, 3.8) is 0 Å². The van der Waals surface area contributed by atoms with Gasteiger partial charge in [0.05, 0.1) is 30.8 Å². The monoisotopic (exact) mass is 427 g/mol. The van der Waals surface area contributed by atoms with Gasteiger partial charge in [-0.05, 0) is 12.8 Å². The maximum Gasteiger partial charge on any atom is 0.227 e. The van der Waals surface area contributed by atoms with Gasteiger partial charge < -0.3 is 20.3 Å². The number of amides is 1. The molecule has 2 heterocycles. The first kappa shape index (κ1) is 22.2. The van der Waals surface area contributed by atoms with Crippen LogP contribution in [0.5, 0.6) is 0 Å². The lowest BCUT2D eigenvalue weighted by molar-refractivity contribution is -0.131. The number of ketones is 1. The minimum atomic E-state index is -0.751. The molecule has 6 nitrogen and oxygen atoms in total. The molecule has 2 fully saturated rings. The molecule has 1 amide bonds. The van der Waals surface area contributed by atoms with Gasteiger partial charge in [-0.3, -0.25) is 9.59 Å². The fourth-order valence-electron chi connectivity index (χ4n) is 5.73. The van der Waals surface area contributed by atoms with E-state index in [-0.39, 0.29) is 66.6 Å². The number of aliphatic hydroxyl groups excluding tert-OH is 2. The molecule has 3 N–H and O–H groups in total. The van der Waals surface area contributed by atoms with Crippen LogP contribution in [0.2, 0.25) is 0 Å². The largest absolute Gasteiger partial charge is 0.392 e. The predicted octanol–water partition coefficient (Wildman–Crippen LogP) is 2.09. The fourth-order valence-corrected chi connectivity index (χ4v) is 5.73. The molecule has 6 heteroatoms. The average molecular weight is 428 g/mol. The van der Waals surface area contributed by atoms with Gasteiger partial charge in [-0.15, -0.1) is 0 Å². The van der Waals surface area contributed by atoms with Crippen LogP contribution in [-0.4, -0.2) is 52.9 Å². The Bertz CT molecular complexity index is 828. The van der Waals surface area contributed by atoms with Gasteiger partial charge in [0.1, 0.15) is 5.78 Å². The lowest BCUT2D eigenvalue weighted by Crippen LogP contribution is -2.50. The molecule has 0 bridgehead atoms. The molecule has 31 heavy (non-hydrogen) atoms. The van der Waals surface area contributed by atoms with Gasteiger partial charge in [0.25, 0.3) is 0 Å². The third kappa shape index (κ3) is 4.61. The lowest BCUT2D eigenvalue weighted by Gasteiger charge is -2.44. The summed E-state index contributed by atoms with van der Waals surface area (Å²) < 4.78 is 6.28. The fraction of sp³-hybridized carbons (Fsp3) is 0.600. The molecular formula is C25H33NO5. The quantitative estimate of drug-likeness (QED) is 0.406. The lowest BCUT2D eigenvalue weighted by atomic mass is 9.60. The smallest absolute Gasteiger partial charge is 0.227 e. The summed E-state index contributed by atoms with van der Waals surface area (Å²) in [5.74, 6) is -0.367. The van der Waals surface area contributed by atoms with Crippen molar-refractivity contribution < 1.29 is 24.5 Å². The molecule has 4 aliphatic rings. The van der Waals surface area contributed by atoms with E-state index in [1.165, 1.54) is 0 Å². The number of hydrogen-bond acceptors (Lipinski definition) is 5. The number of hydrogen-bond donors (Lipinski definition) is 3. The molecule has 168 valence electrons. The van der Waals surface area contributed by atoms with E-state index < -0.39 is 18.3 Å². The van der Waals surface area contributed by atoms with E-state index >= 15 is 0 Å². The van der Waals surface area contributed by atoms with E-state index in [9.17, 15) is 19.8 Å². The Morgan fingerprint density at radius 1 is 1.03 bits per heavy atom. The summed E-state index contributed by atoms with van der Waals surface area (Å²) in [4.78, 5) is 25.0. The minimum Gasteiger partial charge on any atom is -0.392 e. The van der Waals surface area contributed by atoms with Gasteiger partial charge in [0.2, 0.25) is 5.91 Å². The van der Waals surface area contributed by atoms with Crippen LogP contribution in [0.15, 0.2) is 48.1 Å². The SMILES string of the molecule is C/C1=C/C=C\C=C/C(C)CNC(=O)CC(=O)C[C@@H]2O[C@@H]3[C@H]4[C@H](C=C[C@@H]1[C@@H]42)[C@H](O)C[C@@H]3O. The van der Waals surface area contributed by atoms with Gasteiger partial charge in [-0.1, -0.05) is 55.0 Å². The Labute approximate surface area is 183 Å². The van der Waals surface area contributed by atoms with Crippen molar-refractivity contribution in [3.05, 3.63) is 48.1 Å². The maximum absolute atomic E-state index is 12.7. The normalized spacial score (nSPS) is 47.1. The topological polar surface area (TPSA) is 95.9 Å². The summed E-state index contributed by atoms with van der Waals surface area (Å²) in [6.45, 7) is 4.57. The van der Waals surface area contributed by atoms with Gasteiger partial charge >= 0.3 is 0 Å². The van der Waals surface area contributed by atoms with E-state index in [0.29, 0.717) is 6.54 Å². The summed E-state index contributed by atoms with van der Waals surface area (Å²) in [7, 11) is 0. The Morgan fingerprint density at radius 2 is 1.84 bits per heavy atom. The molecule has 0 radical (unpaired) electrons. The van der Waals surface area contributed by atoms with Crippen molar-refractivity contribution in [3.8, 4) is 0 Å². The number of rotatable bonds is 0. The van der Waals surface area contributed by atoms with Gasteiger partial charge in [-0.25, -0.2) is 0 Å². The van der Waals surface area contributed by atoms with Gasteiger partial charge in [0, 0.05) is 43.1 Å². The third-order valence-corrected chi connectivity index (χ3v) is 7.25. The van der Waals surface area contributed by atoms with Crippen molar-refractivity contribution in [1.82, 2.24) is 5.32 Å². The summed E-state index contributed by atoms with van der Waals surface area (Å²) >= 11 is 0. The highest BCUT2D eigenvalue weighted by molar-refractivity contribution is 5.98. The van der Waals surface area contributed by atoms with Crippen LogP contribution in [0.25, 0.3) is 0 Å². The highest BCUT2D eigenvalue weighted by Gasteiger charge is 2.58. The summed E-state index contributed by atoms with van der Waals surface area (Å²) in [5.41, 5.74) is 1.15. The van der Waals surface area contributed by atoms with Crippen molar-refractivity contribution in [1.29, 1.82) is 0 Å². The molecule has 1 saturated carbocycles. The van der Waals surface area contributed by atoms with Crippen LogP contribution in [0, 0.1) is 29.6 Å². The highest BCUT2D eigenvalue weighted by atomic mass is 16.5. The van der Waals surface area contributed by atoms with Crippen molar-refractivity contribution in [2.24, 2.45) is 29.6 Å². The zero-order chi connectivity index (χ0) is 22.1. The number of carbonyl (C=O) groups is 2. The van der Waals surface area contributed by atoms with Crippen molar-refractivity contribution in [2.45, 2.75) is 57.5 Å². The second-order valence-electron chi connectivity index (χ2n) is 9.53. The Kier molecular flexibility index (Phi) is 6.60. The molecule has 0 aromatic heterocycles. The summed E-state index contributed by atoms with van der Waals surface area (Å²) in [6.07, 6.45) is 12.4. The molecular weight excluding hydrogens is 394 g/mol. The predicted molar refractivity (Wildman–Crippen MR) is 117 cm³/mol. The molecule has 9 atom stereocenters. The first-order valence-corrected chi connectivity index (χ1v) is 11.3. The number of carbonyl (C=O) groups excluding carboxylic acids is 2. The Morgan fingerprint density at radius 3 is 2.65 bits per heavy atom. The van der Waals surface area contributed by atoms with Crippen LogP contribution in [-0.2, 0) is 14.3 Å².